The highest BCUT2D eigenvalue weighted by Crippen LogP contribution is 1.75. The predicted molar refractivity (Wildman–Crippen MR) is 49.9 cm³/mol. The van der Waals surface area contributed by atoms with Gasteiger partial charge < -0.3 is 20.4 Å². The molecule has 0 saturated carbocycles. The first-order valence-corrected chi connectivity index (χ1v) is 3.58. The fourth-order valence-corrected chi connectivity index (χ4v) is 0.0745. The minimum absolute atomic E-state index is 0.233. The fraction of sp³-hybridized carbons (Fsp3) is 0.500. The van der Waals surface area contributed by atoms with E-state index in [2.05, 4.69) is 6.58 Å². The summed E-state index contributed by atoms with van der Waals surface area (Å²) in [5.74, 6) is -1.67. The smallest absolute Gasteiger partial charge is 0.300 e. The van der Waals surface area contributed by atoms with Gasteiger partial charge in [-0.3, -0.25) is 9.59 Å². The van der Waals surface area contributed by atoms with E-state index in [9.17, 15) is 0 Å². The molecule has 0 radical (unpaired) electrons. The van der Waals surface area contributed by atoms with Crippen LogP contribution in [0.3, 0.4) is 0 Å². The average Bonchev–Trinajstić information content (AvgIpc) is 2.01. The molecule has 0 aromatic carbocycles. The molecule has 14 heavy (non-hydrogen) atoms. The Morgan fingerprint density at radius 2 is 1.50 bits per heavy atom. The zero-order valence-corrected chi connectivity index (χ0v) is 8.17. The van der Waals surface area contributed by atoms with Crippen molar-refractivity contribution in [3.63, 3.8) is 0 Å². The van der Waals surface area contributed by atoms with Crippen molar-refractivity contribution in [2.75, 3.05) is 6.61 Å². The third kappa shape index (κ3) is 145. The van der Waals surface area contributed by atoms with Crippen LogP contribution in [0.25, 0.3) is 0 Å². The topological polar surface area (TPSA) is 115 Å². The molecule has 0 aliphatic rings. The number of hydrogen-bond acceptors (Lipinski definition) is 4. The fourth-order valence-electron chi connectivity index (χ4n) is 0.0745. The van der Waals surface area contributed by atoms with Crippen LogP contribution in [0.5, 0.6) is 0 Å². The van der Waals surface area contributed by atoms with E-state index in [1.54, 1.807) is 0 Å². The van der Waals surface area contributed by atoms with Crippen molar-refractivity contribution in [3.05, 3.63) is 12.7 Å². The molecule has 1 unspecified atom stereocenters. The predicted octanol–water partition coefficient (Wildman–Crippen LogP) is -0.293. The summed E-state index contributed by atoms with van der Waals surface area (Å²) in [4.78, 5) is 18.0. The maximum Gasteiger partial charge on any atom is 0.300 e. The molecule has 0 rings (SSSR count). The molecule has 84 valence electrons. The number of aliphatic hydroxyl groups excluding tert-OH is 2. The number of carbonyl (C=O) groups is 2. The van der Waals surface area contributed by atoms with E-state index in [1.165, 1.54) is 6.08 Å². The van der Waals surface area contributed by atoms with Gasteiger partial charge in [0, 0.05) is 13.8 Å². The van der Waals surface area contributed by atoms with Crippen molar-refractivity contribution in [1.82, 2.24) is 0 Å². The van der Waals surface area contributed by atoms with Crippen LogP contribution in [0.4, 0.5) is 0 Å². The average molecular weight is 208 g/mol. The molecule has 0 spiro atoms. The molecule has 0 fully saturated rings. The van der Waals surface area contributed by atoms with Crippen LogP contribution in [0.15, 0.2) is 12.7 Å². The van der Waals surface area contributed by atoms with E-state index in [4.69, 9.17) is 30.0 Å². The molecule has 0 amide bonds. The van der Waals surface area contributed by atoms with Gasteiger partial charge in [0.1, 0.15) is 0 Å². The molecule has 0 heterocycles. The summed E-state index contributed by atoms with van der Waals surface area (Å²) >= 11 is 0. The third-order valence-corrected chi connectivity index (χ3v) is 0.459. The molecule has 6 nitrogen and oxygen atoms in total. The maximum absolute atomic E-state index is 9.00. The molecule has 6 heteroatoms. The van der Waals surface area contributed by atoms with Crippen LogP contribution >= 0.6 is 0 Å². The molecule has 4 N–H and O–H groups in total. The number of rotatable bonds is 2. The first kappa shape index (κ1) is 18.4. The molecule has 0 bridgehead atoms. The van der Waals surface area contributed by atoms with E-state index < -0.39 is 18.0 Å². The molecule has 0 saturated heterocycles. The van der Waals surface area contributed by atoms with Gasteiger partial charge in [0.2, 0.25) is 0 Å². The van der Waals surface area contributed by atoms with Crippen LogP contribution in [0.2, 0.25) is 0 Å². The number of aliphatic hydroxyl groups is 2. The lowest BCUT2D eigenvalue weighted by molar-refractivity contribution is -0.135. The molecular formula is C8H16O6. The van der Waals surface area contributed by atoms with E-state index >= 15 is 0 Å². The quantitative estimate of drug-likeness (QED) is 0.463. The zero-order chi connectivity index (χ0) is 12.1. The number of carboxylic acid groups (broad SMARTS) is 2. The molecule has 0 aromatic rings. The monoisotopic (exact) mass is 208 g/mol. The van der Waals surface area contributed by atoms with Crippen molar-refractivity contribution < 1.29 is 30.0 Å². The largest absolute Gasteiger partial charge is 0.481 e. The Balaban J connectivity index is -0.000000135. The van der Waals surface area contributed by atoms with Gasteiger partial charge in [-0.25, -0.2) is 0 Å². The lowest BCUT2D eigenvalue weighted by Gasteiger charge is -1.93. The second-order valence-electron chi connectivity index (χ2n) is 2.02. The highest BCUT2D eigenvalue weighted by atomic mass is 16.4. The highest BCUT2D eigenvalue weighted by Gasteiger charge is 1.87. The van der Waals surface area contributed by atoms with Crippen molar-refractivity contribution >= 4 is 11.9 Å². The van der Waals surface area contributed by atoms with Crippen molar-refractivity contribution in [3.8, 4) is 0 Å². The first-order valence-electron chi connectivity index (χ1n) is 3.58. The van der Waals surface area contributed by atoms with Gasteiger partial charge in [-0.05, 0) is 0 Å². The van der Waals surface area contributed by atoms with Crippen LogP contribution in [0.1, 0.15) is 13.8 Å². The van der Waals surface area contributed by atoms with Gasteiger partial charge in [0.05, 0.1) is 12.7 Å². The number of carboxylic acids is 2. The SMILES string of the molecule is C=CC(O)CO.CC(=O)O.CC(=O)O. The normalized spacial score (nSPS) is 9.43. The molecule has 0 aliphatic heterocycles. The minimum Gasteiger partial charge on any atom is -0.481 e. The number of hydrogen-bond donors (Lipinski definition) is 4. The third-order valence-electron chi connectivity index (χ3n) is 0.459. The Morgan fingerprint density at radius 1 is 1.29 bits per heavy atom. The first-order chi connectivity index (χ1) is 6.27. The van der Waals surface area contributed by atoms with Crippen LogP contribution in [-0.4, -0.2) is 45.1 Å². The Kier molecular flexibility index (Phi) is 18.6. The second-order valence-corrected chi connectivity index (χ2v) is 2.02. The number of aliphatic carboxylic acids is 2. The van der Waals surface area contributed by atoms with Crippen molar-refractivity contribution in [1.29, 1.82) is 0 Å². The minimum atomic E-state index is -0.833. The lowest BCUT2D eigenvalue weighted by atomic mass is 10.4. The summed E-state index contributed by atoms with van der Waals surface area (Å²) in [6.07, 6.45) is 0.532. The second kappa shape index (κ2) is 14.1. The zero-order valence-electron chi connectivity index (χ0n) is 8.17. The van der Waals surface area contributed by atoms with Gasteiger partial charge in [0.25, 0.3) is 11.9 Å². The summed E-state index contributed by atoms with van der Waals surface area (Å²) in [6, 6.07) is 0. The van der Waals surface area contributed by atoms with Gasteiger partial charge >= 0.3 is 0 Å². The highest BCUT2D eigenvalue weighted by molar-refractivity contribution is 5.63. The standard InChI is InChI=1S/C4H8O2.2C2H4O2/c1-2-4(6)3-5;2*1-2(3)4/h2,4-6H,1,3H2;2*1H3,(H,3,4). The maximum atomic E-state index is 9.00. The molecular weight excluding hydrogens is 192 g/mol. The Hall–Kier alpha value is -1.40. The molecule has 0 aliphatic carbocycles. The van der Waals surface area contributed by atoms with Crippen LogP contribution in [0, 0.1) is 0 Å². The summed E-state index contributed by atoms with van der Waals surface area (Å²) in [5.41, 5.74) is 0. The van der Waals surface area contributed by atoms with Crippen molar-refractivity contribution in [2.45, 2.75) is 20.0 Å². The van der Waals surface area contributed by atoms with E-state index in [0.29, 0.717) is 0 Å². The Bertz CT molecular complexity index is 145. The molecule has 0 aromatic heterocycles. The van der Waals surface area contributed by atoms with E-state index in [-0.39, 0.29) is 6.61 Å². The Morgan fingerprint density at radius 3 is 1.50 bits per heavy atom. The summed E-state index contributed by atoms with van der Waals surface area (Å²) in [5, 5.41) is 31.1. The summed E-state index contributed by atoms with van der Waals surface area (Å²) in [7, 11) is 0. The molecule has 1 atom stereocenters. The summed E-state index contributed by atoms with van der Waals surface area (Å²) in [6.45, 7) is 5.16. The van der Waals surface area contributed by atoms with Crippen molar-refractivity contribution in [2.24, 2.45) is 0 Å². The Labute approximate surface area is 82.1 Å². The van der Waals surface area contributed by atoms with Gasteiger partial charge in [-0.1, -0.05) is 6.08 Å². The van der Waals surface area contributed by atoms with Gasteiger partial charge in [-0.15, -0.1) is 6.58 Å². The lowest BCUT2D eigenvalue weighted by Crippen LogP contribution is -2.05. The van der Waals surface area contributed by atoms with Crippen LogP contribution in [-0.2, 0) is 9.59 Å². The van der Waals surface area contributed by atoms with Gasteiger partial charge in [-0.2, -0.15) is 0 Å². The van der Waals surface area contributed by atoms with E-state index in [0.717, 1.165) is 13.8 Å². The summed E-state index contributed by atoms with van der Waals surface area (Å²) < 4.78 is 0. The van der Waals surface area contributed by atoms with E-state index in [1.807, 2.05) is 0 Å². The van der Waals surface area contributed by atoms with Crippen LogP contribution < -0.4 is 0 Å². The van der Waals surface area contributed by atoms with Gasteiger partial charge in [0.15, 0.2) is 0 Å².